The minimum atomic E-state index is -0.604. The average molecular weight is 317 g/mol. The van der Waals surface area contributed by atoms with E-state index in [9.17, 15) is 9.59 Å². The summed E-state index contributed by atoms with van der Waals surface area (Å²) in [4.78, 5) is 23.4. The fraction of sp³-hybridized carbons (Fsp3) is 0.312. The summed E-state index contributed by atoms with van der Waals surface area (Å²) in [6, 6.07) is 5.20. The first-order valence-corrected chi connectivity index (χ1v) is 6.98. The molecule has 0 saturated heterocycles. The van der Waals surface area contributed by atoms with Crippen LogP contribution in [0.2, 0.25) is 0 Å². The molecule has 0 atom stereocenters. The lowest BCUT2D eigenvalue weighted by Gasteiger charge is -2.19. The number of carbonyl (C=O) groups is 2. The summed E-state index contributed by atoms with van der Waals surface area (Å²) in [6.45, 7) is 5.36. The van der Waals surface area contributed by atoms with Gasteiger partial charge in [-0.2, -0.15) is 9.78 Å². The second kappa shape index (κ2) is 6.12. The van der Waals surface area contributed by atoms with Gasteiger partial charge >= 0.3 is 12.1 Å². The van der Waals surface area contributed by atoms with Crippen LogP contribution in [0.3, 0.4) is 0 Å². The topological polar surface area (TPSA) is 96.4 Å². The molecule has 0 radical (unpaired) electrons. The Hall–Kier alpha value is -2.83. The van der Waals surface area contributed by atoms with Gasteiger partial charge in [-0.1, -0.05) is 6.07 Å². The first-order valence-electron chi connectivity index (χ1n) is 6.98. The second-order valence-corrected chi connectivity index (χ2v) is 5.95. The van der Waals surface area contributed by atoms with Crippen LogP contribution in [0.5, 0.6) is 0 Å². The highest BCUT2D eigenvalue weighted by Gasteiger charge is 2.20. The van der Waals surface area contributed by atoms with E-state index in [1.807, 2.05) is 0 Å². The molecule has 1 aromatic heterocycles. The number of aromatic nitrogens is 2. The van der Waals surface area contributed by atoms with Crippen molar-refractivity contribution in [3.8, 4) is 0 Å². The van der Waals surface area contributed by atoms with Crippen molar-refractivity contribution < 1.29 is 19.1 Å². The van der Waals surface area contributed by atoms with Crippen molar-refractivity contribution in [2.75, 3.05) is 7.11 Å². The van der Waals surface area contributed by atoms with Crippen molar-refractivity contribution in [3.05, 3.63) is 35.7 Å². The predicted molar refractivity (Wildman–Crippen MR) is 85.5 cm³/mol. The molecule has 122 valence electrons. The normalized spacial score (nSPS) is 12.3. The predicted octanol–water partition coefficient (Wildman–Crippen LogP) is 2.29. The Labute approximate surface area is 133 Å². The summed E-state index contributed by atoms with van der Waals surface area (Å²) < 4.78 is 11.0. The van der Waals surface area contributed by atoms with E-state index in [0.29, 0.717) is 11.1 Å². The van der Waals surface area contributed by atoms with E-state index >= 15 is 0 Å². The second-order valence-electron chi connectivity index (χ2n) is 5.95. The third-order valence-corrected chi connectivity index (χ3v) is 2.90. The van der Waals surface area contributed by atoms with Gasteiger partial charge in [0, 0.05) is 5.39 Å². The van der Waals surface area contributed by atoms with Crippen LogP contribution >= 0.6 is 0 Å². The number of benzene rings is 1. The van der Waals surface area contributed by atoms with E-state index in [1.54, 1.807) is 45.2 Å². The Balaban J connectivity index is 2.34. The van der Waals surface area contributed by atoms with E-state index in [0.717, 1.165) is 5.39 Å². The molecule has 1 aromatic carbocycles. The molecule has 0 bridgehead atoms. The van der Waals surface area contributed by atoms with Gasteiger partial charge in [0.2, 0.25) is 0 Å². The number of hydrogen-bond acceptors (Lipinski definition) is 6. The summed E-state index contributed by atoms with van der Waals surface area (Å²) >= 11 is 0. The van der Waals surface area contributed by atoms with Gasteiger partial charge in [-0.15, -0.1) is 0 Å². The van der Waals surface area contributed by atoms with Gasteiger partial charge in [0.1, 0.15) is 11.3 Å². The van der Waals surface area contributed by atoms with Crippen LogP contribution in [0, 0.1) is 0 Å². The molecule has 0 aliphatic rings. The Kier molecular flexibility index (Phi) is 4.40. The molecule has 0 aliphatic carbocycles. The van der Waals surface area contributed by atoms with Gasteiger partial charge in [-0.25, -0.2) is 9.59 Å². The number of nitrogens with zero attached hydrogens (tertiary/aromatic N) is 2. The quantitative estimate of drug-likeness (QED) is 0.674. The van der Waals surface area contributed by atoms with Gasteiger partial charge in [-0.3, -0.25) is 0 Å². The van der Waals surface area contributed by atoms with Gasteiger partial charge in [0.25, 0.3) is 0 Å². The zero-order valence-electron chi connectivity index (χ0n) is 13.5. The Morgan fingerprint density at radius 2 is 2.00 bits per heavy atom. The maximum Gasteiger partial charge on any atom is 0.435 e. The van der Waals surface area contributed by atoms with E-state index in [2.05, 4.69) is 9.84 Å². The lowest BCUT2D eigenvalue weighted by molar-refractivity contribution is -0.136. The van der Waals surface area contributed by atoms with E-state index in [4.69, 9.17) is 10.5 Å². The van der Waals surface area contributed by atoms with Gasteiger partial charge in [0.15, 0.2) is 0 Å². The molecular weight excluding hydrogens is 298 g/mol. The Morgan fingerprint density at radius 3 is 2.61 bits per heavy atom. The summed E-state index contributed by atoms with van der Waals surface area (Å²) in [7, 11) is 1.26. The molecule has 0 unspecified atom stereocenters. The van der Waals surface area contributed by atoms with Crippen LogP contribution in [0.25, 0.3) is 17.0 Å². The smallest absolute Gasteiger partial charge is 0.435 e. The third-order valence-electron chi connectivity index (χ3n) is 2.90. The van der Waals surface area contributed by atoms with Gasteiger partial charge in [0.05, 0.1) is 18.8 Å². The van der Waals surface area contributed by atoms with Crippen LogP contribution in [0.15, 0.2) is 30.1 Å². The van der Waals surface area contributed by atoms with Crippen molar-refractivity contribution in [2.45, 2.75) is 26.4 Å². The molecular formula is C16H19N3O4. The molecule has 0 spiro atoms. The SMILES string of the molecule is COC(=O)/C(N)=C/c1ccc2c(cnn2C(=O)OC(C)(C)C)c1. The molecule has 2 N–H and O–H groups in total. The Bertz CT molecular complexity index is 784. The molecule has 7 nitrogen and oxygen atoms in total. The van der Waals surface area contributed by atoms with Gasteiger partial charge < -0.3 is 15.2 Å². The largest absolute Gasteiger partial charge is 0.464 e. The maximum atomic E-state index is 12.1. The van der Waals surface area contributed by atoms with E-state index < -0.39 is 17.7 Å². The van der Waals surface area contributed by atoms with Crippen molar-refractivity contribution in [1.82, 2.24) is 9.78 Å². The molecule has 0 aliphatic heterocycles. The number of fused-ring (bicyclic) bond motifs is 1. The summed E-state index contributed by atoms with van der Waals surface area (Å²) in [6.07, 6.45) is 2.49. The molecule has 0 amide bonds. The fourth-order valence-electron chi connectivity index (χ4n) is 1.95. The Morgan fingerprint density at radius 1 is 1.30 bits per heavy atom. The monoisotopic (exact) mass is 317 g/mol. The summed E-state index contributed by atoms with van der Waals surface area (Å²) in [5.41, 5.74) is 6.31. The number of methoxy groups -OCH3 is 1. The number of esters is 1. The van der Waals surface area contributed by atoms with Crippen molar-refractivity contribution in [1.29, 1.82) is 0 Å². The van der Waals surface area contributed by atoms with E-state index in [-0.39, 0.29) is 5.70 Å². The molecule has 2 aromatic rings. The minimum absolute atomic E-state index is 0.00798. The first kappa shape index (κ1) is 16.5. The van der Waals surface area contributed by atoms with Crippen molar-refractivity contribution in [3.63, 3.8) is 0 Å². The van der Waals surface area contributed by atoms with Crippen LogP contribution in [-0.2, 0) is 14.3 Å². The molecule has 7 heteroatoms. The third kappa shape index (κ3) is 3.88. The highest BCUT2D eigenvalue weighted by molar-refractivity contribution is 5.94. The maximum absolute atomic E-state index is 12.1. The van der Waals surface area contributed by atoms with Crippen LogP contribution < -0.4 is 5.73 Å². The van der Waals surface area contributed by atoms with Crippen LogP contribution in [0.1, 0.15) is 26.3 Å². The number of rotatable bonds is 2. The number of nitrogens with two attached hydrogens (primary N) is 1. The zero-order chi connectivity index (χ0) is 17.2. The molecule has 0 saturated carbocycles. The fourth-order valence-corrected chi connectivity index (χ4v) is 1.95. The first-order chi connectivity index (χ1) is 10.7. The summed E-state index contributed by atoms with van der Waals surface area (Å²) in [5.74, 6) is -0.602. The number of hydrogen-bond donors (Lipinski definition) is 1. The van der Waals surface area contributed by atoms with E-state index in [1.165, 1.54) is 17.9 Å². The van der Waals surface area contributed by atoms with Crippen LogP contribution in [0.4, 0.5) is 4.79 Å². The standard InChI is InChI=1S/C16H19N3O4/c1-16(2,3)23-15(21)19-13-6-5-10(7-11(13)9-18-19)8-12(17)14(20)22-4/h5-9H,17H2,1-4H3/b12-8-. The lowest BCUT2D eigenvalue weighted by Crippen LogP contribution is -2.27. The number of ether oxygens (including phenoxy) is 2. The molecule has 23 heavy (non-hydrogen) atoms. The minimum Gasteiger partial charge on any atom is -0.464 e. The van der Waals surface area contributed by atoms with Gasteiger partial charge in [-0.05, 0) is 44.5 Å². The van der Waals surface area contributed by atoms with Crippen molar-refractivity contribution >= 4 is 29.0 Å². The highest BCUT2D eigenvalue weighted by Crippen LogP contribution is 2.19. The average Bonchev–Trinajstić information content (AvgIpc) is 2.87. The zero-order valence-corrected chi connectivity index (χ0v) is 13.5. The lowest BCUT2D eigenvalue weighted by atomic mass is 10.1. The molecule has 1 heterocycles. The summed E-state index contributed by atoms with van der Waals surface area (Å²) in [5, 5.41) is 4.77. The molecule has 2 rings (SSSR count). The number of carbonyl (C=O) groups excluding carboxylic acids is 2. The highest BCUT2D eigenvalue weighted by atomic mass is 16.6. The van der Waals surface area contributed by atoms with Crippen molar-refractivity contribution in [2.24, 2.45) is 5.73 Å². The molecule has 0 fully saturated rings. The van der Waals surface area contributed by atoms with Crippen LogP contribution in [-0.4, -0.2) is 34.6 Å².